The highest BCUT2D eigenvalue weighted by molar-refractivity contribution is 5.91. The van der Waals surface area contributed by atoms with Crippen molar-refractivity contribution in [3.8, 4) is 0 Å². The molecule has 0 spiro atoms. The fourth-order valence-electron chi connectivity index (χ4n) is 3.39. The number of benzene rings is 1. The van der Waals surface area contributed by atoms with Crippen molar-refractivity contribution in [1.82, 2.24) is 10.1 Å². The van der Waals surface area contributed by atoms with Gasteiger partial charge in [-0.05, 0) is 43.7 Å². The molecule has 1 fully saturated rings. The number of hydrogen-bond donors (Lipinski definition) is 1. The fourth-order valence-corrected chi connectivity index (χ4v) is 3.39. The summed E-state index contributed by atoms with van der Waals surface area (Å²) in [5.74, 6) is 0.152. The number of nitrogens with one attached hydrogen (secondary N) is 1. The van der Waals surface area contributed by atoms with Gasteiger partial charge in [0.15, 0.2) is 11.6 Å². The second-order valence-electron chi connectivity index (χ2n) is 6.68. The minimum absolute atomic E-state index is 0.0566. The van der Waals surface area contributed by atoms with Crippen LogP contribution >= 0.6 is 0 Å². The van der Waals surface area contributed by atoms with Crippen molar-refractivity contribution in [3.05, 3.63) is 48.0 Å². The Bertz CT molecular complexity index is 889. The Morgan fingerprint density at radius 1 is 1.15 bits per heavy atom. The molecular formula is C19H21FN4O2. The zero-order valence-corrected chi connectivity index (χ0v) is 14.8. The summed E-state index contributed by atoms with van der Waals surface area (Å²) in [5, 5.41) is 7.83. The molecule has 0 aliphatic carbocycles. The first-order chi connectivity index (χ1) is 12.6. The predicted molar refractivity (Wildman–Crippen MR) is 97.8 cm³/mol. The molecule has 2 atom stereocenters. The minimum Gasteiger partial charge on any atom is -0.372 e. The van der Waals surface area contributed by atoms with Gasteiger partial charge in [-0.3, -0.25) is 4.98 Å². The molecule has 6 nitrogen and oxygen atoms in total. The molecule has 2 aromatic heterocycles. The predicted octanol–water partition coefficient (Wildman–Crippen LogP) is 3.59. The van der Waals surface area contributed by atoms with Crippen molar-refractivity contribution in [1.29, 1.82) is 0 Å². The summed E-state index contributed by atoms with van der Waals surface area (Å²) in [6.07, 6.45) is 3.57. The van der Waals surface area contributed by atoms with E-state index in [9.17, 15) is 0 Å². The Hall–Kier alpha value is -2.67. The molecule has 1 aromatic carbocycles. The number of anilines is 2. The number of hydrogen-bond acceptors (Lipinski definition) is 6. The van der Waals surface area contributed by atoms with E-state index in [0.717, 1.165) is 5.56 Å². The van der Waals surface area contributed by atoms with Crippen molar-refractivity contribution >= 4 is 22.5 Å². The molecule has 0 radical (unpaired) electrons. The smallest absolute Gasteiger partial charge is 0.206 e. The molecule has 136 valence electrons. The third-order valence-electron chi connectivity index (χ3n) is 4.53. The zero-order chi connectivity index (χ0) is 18.1. The van der Waals surface area contributed by atoms with Crippen LogP contribution in [0.15, 0.2) is 41.2 Å². The first-order valence-corrected chi connectivity index (χ1v) is 8.73. The van der Waals surface area contributed by atoms with Gasteiger partial charge in [-0.1, -0.05) is 5.16 Å². The SMILES string of the molecule is C[C@@H]1CN(c2ccc3c(NCc4ccncc4)noc3c2F)C[C@H](C)O1. The topological polar surface area (TPSA) is 63.4 Å². The summed E-state index contributed by atoms with van der Waals surface area (Å²) in [6.45, 7) is 5.84. The van der Waals surface area contributed by atoms with E-state index in [-0.39, 0.29) is 23.6 Å². The molecule has 1 saturated heterocycles. The average molecular weight is 356 g/mol. The Kier molecular flexibility index (Phi) is 4.46. The van der Waals surface area contributed by atoms with Gasteiger partial charge in [-0.15, -0.1) is 0 Å². The number of halogens is 1. The largest absolute Gasteiger partial charge is 0.372 e. The molecule has 3 heterocycles. The Morgan fingerprint density at radius 3 is 2.62 bits per heavy atom. The summed E-state index contributed by atoms with van der Waals surface area (Å²) in [4.78, 5) is 5.99. The Balaban J connectivity index is 1.59. The third-order valence-corrected chi connectivity index (χ3v) is 4.53. The molecule has 7 heteroatoms. The maximum absolute atomic E-state index is 15.0. The number of pyridine rings is 1. The molecule has 0 unspecified atom stereocenters. The summed E-state index contributed by atoms with van der Waals surface area (Å²) in [7, 11) is 0. The van der Waals surface area contributed by atoms with Crippen LogP contribution in [-0.4, -0.2) is 35.4 Å². The number of rotatable bonds is 4. The van der Waals surface area contributed by atoms with E-state index in [1.165, 1.54) is 0 Å². The highest BCUT2D eigenvalue weighted by Crippen LogP contribution is 2.33. The molecule has 0 saturated carbocycles. The van der Waals surface area contributed by atoms with Gasteiger partial charge >= 0.3 is 0 Å². The van der Waals surface area contributed by atoms with E-state index in [1.807, 2.05) is 36.9 Å². The van der Waals surface area contributed by atoms with Gasteiger partial charge in [-0.2, -0.15) is 0 Å². The van der Waals surface area contributed by atoms with Crippen molar-refractivity contribution in [2.24, 2.45) is 0 Å². The summed E-state index contributed by atoms with van der Waals surface area (Å²) in [5.41, 5.74) is 1.76. The van der Waals surface area contributed by atoms with E-state index >= 15 is 4.39 Å². The molecule has 1 aliphatic rings. The van der Waals surface area contributed by atoms with Crippen molar-refractivity contribution in [3.63, 3.8) is 0 Å². The lowest BCUT2D eigenvalue weighted by Gasteiger charge is -2.36. The first kappa shape index (κ1) is 16.8. The van der Waals surface area contributed by atoms with Crippen LogP contribution in [-0.2, 0) is 11.3 Å². The van der Waals surface area contributed by atoms with Crippen molar-refractivity contribution < 1.29 is 13.7 Å². The van der Waals surface area contributed by atoms with E-state index in [0.29, 0.717) is 36.5 Å². The van der Waals surface area contributed by atoms with Gasteiger partial charge < -0.3 is 19.5 Å². The van der Waals surface area contributed by atoms with Crippen LogP contribution in [0.5, 0.6) is 0 Å². The van der Waals surface area contributed by atoms with Gasteiger partial charge in [0, 0.05) is 32.0 Å². The van der Waals surface area contributed by atoms with Crippen LogP contribution in [0.2, 0.25) is 0 Å². The highest BCUT2D eigenvalue weighted by Gasteiger charge is 2.26. The van der Waals surface area contributed by atoms with Crippen molar-refractivity contribution in [2.75, 3.05) is 23.3 Å². The van der Waals surface area contributed by atoms with Crippen LogP contribution in [0.1, 0.15) is 19.4 Å². The molecule has 26 heavy (non-hydrogen) atoms. The van der Waals surface area contributed by atoms with Gasteiger partial charge in [0.25, 0.3) is 0 Å². The maximum atomic E-state index is 15.0. The van der Waals surface area contributed by atoms with Gasteiger partial charge in [0.1, 0.15) is 0 Å². The zero-order valence-electron chi connectivity index (χ0n) is 14.8. The molecular weight excluding hydrogens is 335 g/mol. The van der Waals surface area contributed by atoms with Crippen LogP contribution in [0, 0.1) is 5.82 Å². The normalized spacial score (nSPS) is 20.5. The van der Waals surface area contributed by atoms with Crippen molar-refractivity contribution in [2.45, 2.75) is 32.6 Å². The second kappa shape index (κ2) is 6.92. The lowest BCUT2D eigenvalue weighted by atomic mass is 10.1. The van der Waals surface area contributed by atoms with E-state index in [2.05, 4.69) is 15.5 Å². The number of morpholine rings is 1. The number of aromatic nitrogens is 2. The Morgan fingerprint density at radius 2 is 1.88 bits per heavy atom. The fraction of sp³-hybridized carbons (Fsp3) is 0.368. The maximum Gasteiger partial charge on any atom is 0.206 e. The average Bonchev–Trinajstić information content (AvgIpc) is 3.04. The molecule has 1 aliphatic heterocycles. The molecule has 0 amide bonds. The quantitative estimate of drug-likeness (QED) is 0.771. The lowest BCUT2D eigenvalue weighted by Crippen LogP contribution is -2.45. The standard InChI is InChI=1S/C19H21FN4O2/c1-12-10-24(11-13(2)25-12)16-4-3-15-18(17(16)20)26-23-19(15)22-9-14-5-7-21-8-6-14/h3-8,12-13H,9-11H2,1-2H3,(H,22,23)/t12-,13+. The monoisotopic (exact) mass is 356 g/mol. The first-order valence-electron chi connectivity index (χ1n) is 8.73. The molecule has 3 aromatic rings. The van der Waals surface area contributed by atoms with E-state index in [4.69, 9.17) is 9.26 Å². The Labute approximate surface area is 150 Å². The number of fused-ring (bicyclic) bond motifs is 1. The molecule has 0 bridgehead atoms. The lowest BCUT2D eigenvalue weighted by molar-refractivity contribution is -0.00539. The number of nitrogens with zero attached hydrogens (tertiary/aromatic N) is 3. The second-order valence-corrected chi connectivity index (χ2v) is 6.68. The van der Waals surface area contributed by atoms with Gasteiger partial charge in [0.05, 0.1) is 23.3 Å². The molecule has 1 N–H and O–H groups in total. The van der Waals surface area contributed by atoms with Crippen LogP contribution in [0.3, 0.4) is 0 Å². The summed E-state index contributed by atoms with van der Waals surface area (Å²) in [6, 6.07) is 7.46. The summed E-state index contributed by atoms with van der Waals surface area (Å²) >= 11 is 0. The number of ether oxygens (including phenoxy) is 1. The van der Waals surface area contributed by atoms with Crippen LogP contribution in [0.25, 0.3) is 11.0 Å². The summed E-state index contributed by atoms with van der Waals surface area (Å²) < 4.78 is 26.1. The minimum atomic E-state index is -0.381. The third kappa shape index (κ3) is 3.22. The highest BCUT2D eigenvalue weighted by atomic mass is 19.1. The van der Waals surface area contributed by atoms with Crippen LogP contribution < -0.4 is 10.2 Å². The van der Waals surface area contributed by atoms with E-state index in [1.54, 1.807) is 18.5 Å². The van der Waals surface area contributed by atoms with Crippen LogP contribution in [0.4, 0.5) is 15.9 Å². The van der Waals surface area contributed by atoms with Gasteiger partial charge in [0.2, 0.25) is 5.58 Å². The van der Waals surface area contributed by atoms with E-state index < -0.39 is 0 Å². The molecule has 4 rings (SSSR count). The van der Waals surface area contributed by atoms with Gasteiger partial charge in [-0.25, -0.2) is 4.39 Å².